The maximum atomic E-state index is 11.0. The van der Waals surface area contributed by atoms with Crippen LogP contribution >= 0.6 is 34.8 Å². The summed E-state index contributed by atoms with van der Waals surface area (Å²) >= 11 is 16.1. The van der Waals surface area contributed by atoms with Gasteiger partial charge in [0.1, 0.15) is 12.6 Å². The monoisotopic (exact) mass is 306 g/mol. The lowest BCUT2D eigenvalue weighted by Crippen LogP contribution is -2.32. The van der Waals surface area contributed by atoms with Crippen LogP contribution in [0.25, 0.3) is 0 Å². The van der Waals surface area contributed by atoms with Crippen molar-refractivity contribution < 1.29 is 19.4 Å². The van der Waals surface area contributed by atoms with Crippen molar-refractivity contribution in [1.29, 1.82) is 0 Å². The largest absolute Gasteiger partial charge is 0.480 e. The van der Waals surface area contributed by atoms with E-state index in [2.05, 4.69) is 10.1 Å². The minimum Gasteiger partial charge on any atom is -0.480 e. The number of carbonyl (C=O) groups excluding carboxylic acids is 1. The SMILES string of the molecule is NC(CCCNC(=O)OCC(Cl)(Cl)Cl)C(=O)O. The predicted octanol–water partition coefficient (Wildman–Crippen LogP) is 1.27. The van der Waals surface area contributed by atoms with E-state index in [0.717, 1.165) is 0 Å². The summed E-state index contributed by atoms with van der Waals surface area (Å²) in [5, 5.41) is 10.8. The minimum absolute atomic E-state index is 0.236. The average molecular weight is 308 g/mol. The summed E-state index contributed by atoms with van der Waals surface area (Å²) in [6.45, 7) is -0.127. The zero-order valence-electron chi connectivity index (χ0n) is 8.79. The molecule has 0 saturated heterocycles. The first-order valence-electron chi connectivity index (χ1n) is 4.68. The van der Waals surface area contributed by atoms with Crippen LogP contribution in [-0.4, -0.2) is 40.2 Å². The number of alkyl halides is 3. The van der Waals surface area contributed by atoms with Crippen LogP contribution in [0.1, 0.15) is 12.8 Å². The first-order chi connectivity index (χ1) is 7.72. The normalized spacial score (nSPS) is 12.9. The Bertz CT molecular complexity index is 270. The summed E-state index contributed by atoms with van der Waals surface area (Å²) in [6.07, 6.45) is -0.0728. The van der Waals surface area contributed by atoms with E-state index in [4.69, 9.17) is 45.6 Å². The molecule has 0 aromatic carbocycles. The van der Waals surface area contributed by atoms with E-state index in [1.807, 2.05) is 0 Å². The van der Waals surface area contributed by atoms with Gasteiger partial charge in [0.2, 0.25) is 3.79 Å². The number of carboxylic acid groups (broad SMARTS) is 1. The van der Waals surface area contributed by atoms with E-state index in [1.165, 1.54) is 0 Å². The molecule has 0 aromatic heterocycles. The summed E-state index contributed by atoms with van der Waals surface area (Å²) < 4.78 is 2.92. The molecule has 6 nitrogen and oxygen atoms in total. The molecule has 1 amide bonds. The molecule has 0 radical (unpaired) electrons. The lowest BCUT2D eigenvalue weighted by molar-refractivity contribution is -0.138. The molecule has 0 aliphatic heterocycles. The summed E-state index contributed by atoms with van der Waals surface area (Å²) in [5.41, 5.74) is 5.25. The molecule has 0 saturated carbocycles. The van der Waals surface area contributed by atoms with Crippen molar-refractivity contribution >= 4 is 46.9 Å². The molecular formula is C8H13Cl3N2O4. The number of amides is 1. The Morgan fingerprint density at radius 3 is 2.47 bits per heavy atom. The Morgan fingerprint density at radius 2 is 2.00 bits per heavy atom. The number of nitrogens with two attached hydrogens (primary N) is 1. The molecule has 1 unspecified atom stereocenters. The van der Waals surface area contributed by atoms with Crippen molar-refractivity contribution in [2.45, 2.75) is 22.7 Å². The number of hydrogen-bond acceptors (Lipinski definition) is 4. The van der Waals surface area contributed by atoms with Gasteiger partial charge in [0.05, 0.1) is 0 Å². The molecule has 9 heteroatoms. The molecule has 0 spiro atoms. The molecule has 0 aliphatic carbocycles. The lowest BCUT2D eigenvalue weighted by atomic mass is 10.2. The number of halogens is 3. The fourth-order valence-corrected chi connectivity index (χ4v) is 0.998. The Hall–Kier alpha value is -0.430. The Balaban J connectivity index is 3.56. The van der Waals surface area contributed by atoms with E-state index in [1.54, 1.807) is 0 Å². The minimum atomic E-state index is -1.65. The second-order valence-corrected chi connectivity index (χ2v) is 5.72. The molecule has 0 aromatic rings. The van der Waals surface area contributed by atoms with Crippen LogP contribution in [0.4, 0.5) is 4.79 Å². The number of ether oxygens (including phenoxy) is 1. The summed E-state index contributed by atoms with van der Waals surface area (Å²) in [5.74, 6) is -1.08. The van der Waals surface area contributed by atoms with E-state index in [0.29, 0.717) is 6.42 Å². The van der Waals surface area contributed by atoms with Gasteiger partial charge in [-0.3, -0.25) is 4.79 Å². The fraction of sp³-hybridized carbons (Fsp3) is 0.750. The molecule has 1 atom stereocenters. The summed E-state index contributed by atoms with van der Waals surface area (Å²) in [4.78, 5) is 21.4. The second-order valence-electron chi connectivity index (χ2n) is 3.21. The van der Waals surface area contributed by atoms with Gasteiger partial charge in [0.15, 0.2) is 0 Å². The average Bonchev–Trinajstić information content (AvgIpc) is 2.20. The Labute approximate surface area is 113 Å². The molecular weight excluding hydrogens is 294 g/mol. The highest BCUT2D eigenvalue weighted by molar-refractivity contribution is 6.67. The fourth-order valence-electron chi connectivity index (χ4n) is 0.834. The van der Waals surface area contributed by atoms with Gasteiger partial charge in [0.25, 0.3) is 0 Å². The molecule has 0 rings (SSSR count). The van der Waals surface area contributed by atoms with E-state index in [9.17, 15) is 9.59 Å². The standard InChI is InChI=1S/C8H13Cl3N2O4/c9-8(10,11)4-17-7(16)13-3-1-2-5(12)6(14)15/h5H,1-4,12H2,(H,13,16)(H,14,15). The number of aliphatic carboxylic acids is 1. The number of hydrogen-bond donors (Lipinski definition) is 3. The molecule has 0 aliphatic rings. The first kappa shape index (κ1) is 16.6. The number of rotatable bonds is 6. The zero-order chi connectivity index (χ0) is 13.5. The van der Waals surface area contributed by atoms with Crippen LogP contribution in [0.15, 0.2) is 0 Å². The third-order valence-corrected chi connectivity index (χ3v) is 1.97. The third-order valence-electron chi connectivity index (χ3n) is 1.65. The maximum Gasteiger partial charge on any atom is 0.407 e. The van der Waals surface area contributed by atoms with Gasteiger partial charge in [-0.2, -0.15) is 0 Å². The smallest absolute Gasteiger partial charge is 0.407 e. The van der Waals surface area contributed by atoms with Gasteiger partial charge in [-0.05, 0) is 12.8 Å². The third kappa shape index (κ3) is 10.4. The number of alkyl carbamates (subject to hydrolysis) is 1. The highest BCUT2D eigenvalue weighted by Crippen LogP contribution is 2.25. The molecule has 17 heavy (non-hydrogen) atoms. The van der Waals surface area contributed by atoms with Crippen LogP contribution in [-0.2, 0) is 9.53 Å². The molecule has 100 valence electrons. The lowest BCUT2D eigenvalue weighted by Gasteiger charge is -2.12. The van der Waals surface area contributed by atoms with Gasteiger partial charge in [-0.1, -0.05) is 34.8 Å². The van der Waals surface area contributed by atoms with Gasteiger partial charge < -0.3 is 20.9 Å². The van der Waals surface area contributed by atoms with Gasteiger partial charge in [0, 0.05) is 6.54 Å². The Kier molecular flexibility index (Phi) is 7.61. The van der Waals surface area contributed by atoms with Gasteiger partial charge >= 0.3 is 12.1 Å². The Morgan fingerprint density at radius 1 is 1.41 bits per heavy atom. The van der Waals surface area contributed by atoms with Crippen LogP contribution < -0.4 is 11.1 Å². The van der Waals surface area contributed by atoms with Crippen LogP contribution in [0.3, 0.4) is 0 Å². The van der Waals surface area contributed by atoms with Crippen molar-refractivity contribution in [3.63, 3.8) is 0 Å². The summed E-state index contributed by atoms with van der Waals surface area (Å²) in [6, 6.07) is -0.936. The quantitative estimate of drug-likeness (QED) is 0.507. The topological polar surface area (TPSA) is 102 Å². The van der Waals surface area contributed by atoms with Crippen LogP contribution in [0.5, 0.6) is 0 Å². The molecule has 0 heterocycles. The van der Waals surface area contributed by atoms with Crippen molar-refractivity contribution in [3.8, 4) is 0 Å². The maximum absolute atomic E-state index is 11.0. The van der Waals surface area contributed by atoms with E-state index in [-0.39, 0.29) is 19.6 Å². The molecule has 0 fully saturated rings. The number of carbonyl (C=O) groups is 2. The van der Waals surface area contributed by atoms with Crippen LogP contribution in [0.2, 0.25) is 0 Å². The van der Waals surface area contributed by atoms with Crippen LogP contribution in [0, 0.1) is 0 Å². The highest BCUT2D eigenvalue weighted by atomic mass is 35.6. The van der Waals surface area contributed by atoms with E-state index >= 15 is 0 Å². The highest BCUT2D eigenvalue weighted by Gasteiger charge is 2.21. The van der Waals surface area contributed by atoms with Gasteiger partial charge in [-0.15, -0.1) is 0 Å². The predicted molar refractivity (Wildman–Crippen MR) is 64.5 cm³/mol. The second kappa shape index (κ2) is 7.81. The van der Waals surface area contributed by atoms with Crippen molar-refractivity contribution in [2.24, 2.45) is 5.73 Å². The number of nitrogens with one attached hydrogen (secondary N) is 1. The molecule has 4 N–H and O–H groups in total. The molecule has 0 bridgehead atoms. The first-order valence-corrected chi connectivity index (χ1v) is 5.81. The summed E-state index contributed by atoms with van der Waals surface area (Å²) in [7, 11) is 0. The van der Waals surface area contributed by atoms with Crippen molar-refractivity contribution in [1.82, 2.24) is 5.32 Å². The number of carboxylic acids is 1. The van der Waals surface area contributed by atoms with Crippen molar-refractivity contribution in [2.75, 3.05) is 13.2 Å². The zero-order valence-corrected chi connectivity index (χ0v) is 11.1. The van der Waals surface area contributed by atoms with E-state index < -0.39 is 21.9 Å². The van der Waals surface area contributed by atoms with Crippen molar-refractivity contribution in [3.05, 3.63) is 0 Å². The van der Waals surface area contributed by atoms with Gasteiger partial charge in [-0.25, -0.2) is 4.79 Å².